The van der Waals surface area contributed by atoms with Crippen molar-refractivity contribution in [3.8, 4) is 28.3 Å². The van der Waals surface area contributed by atoms with Crippen LogP contribution in [0, 0.1) is 0 Å². The Kier molecular flexibility index (Phi) is 5.99. The summed E-state index contributed by atoms with van der Waals surface area (Å²) in [6, 6.07) is 12.9. The average molecular weight is 419 g/mol. The monoisotopic (exact) mass is 419 g/mol. The van der Waals surface area contributed by atoms with Gasteiger partial charge in [-0.3, -0.25) is 14.5 Å². The van der Waals surface area contributed by atoms with E-state index < -0.39 is 5.56 Å². The van der Waals surface area contributed by atoms with Crippen LogP contribution in [-0.2, 0) is 0 Å². The van der Waals surface area contributed by atoms with Crippen LogP contribution in [0.1, 0.15) is 23.2 Å². The number of H-pyrrole nitrogens is 1. The Labute approximate surface area is 179 Å². The minimum Gasteiger partial charge on any atom is -0.491 e. The van der Waals surface area contributed by atoms with E-state index >= 15 is 0 Å². The van der Waals surface area contributed by atoms with Gasteiger partial charge in [-0.25, -0.2) is 4.98 Å². The Morgan fingerprint density at radius 2 is 1.77 bits per heavy atom. The summed E-state index contributed by atoms with van der Waals surface area (Å²) in [6.07, 6.45) is 3.24. The average Bonchev–Trinajstić information content (AvgIpc) is 3.31. The fraction of sp³-hybridized carbons (Fsp3) is 0.261. The summed E-state index contributed by atoms with van der Waals surface area (Å²) >= 11 is 0. The maximum Gasteiger partial charge on any atom is 0.276 e. The van der Waals surface area contributed by atoms with Crippen molar-refractivity contribution in [2.75, 3.05) is 37.7 Å². The van der Waals surface area contributed by atoms with E-state index in [2.05, 4.69) is 14.9 Å². The Balaban J connectivity index is 1.68. The van der Waals surface area contributed by atoms with E-state index in [1.807, 2.05) is 30.3 Å². The van der Waals surface area contributed by atoms with E-state index in [9.17, 15) is 9.59 Å². The first-order valence-electron chi connectivity index (χ1n) is 10.3. The van der Waals surface area contributed by atoms with E-state index in [0.29, 0.717) is 29.3 Å². The van der Waals surface area contributed by atoms with E-state index in [1.165, 1.54) is 12.8 Å². The number of nitrogens with zero attached hydrogens (tertiary/aromatic N) is 2. The molecular weight excluding hydrogens is 394 g/mol. The van der Waals surface area contributed by atoms with Gasteiger partial charge in [-0.05, 0) is 49.2 Å². The number of ether oxygens (including phenoxy) is 1. The van der Waals surface area contributed by atoms with Crippen LogP contribution in [0.3, 0.4) is 0 Å². The van der Waals surface area contributed by atoms with Gasteiger partial charge in [-0.2, -0.15) is 0 Å². The molecule has 1 aliphatic rings. The van der Waals surface area contributed by atoms with Gasteiger partial charge in [0.2, 0.25) is 0 Å². The predicted octanol–water partition coefficient (Wildman–Crippen LogP) is 2.56. The van der Waals surface area contributed by atoms with Crippen molar-refractivity contribution >= 4 is 17.8 Å². The second-order valence-electron chi connectivity index (χ2n) is 7.56. The fourth-order valence-electron chi connectivity index (χ4n) is 3.69. The Morgan fingerprint density at radius 3 is 2.45 bits per heavy atom. The van der Waals surface area contributed by atoms with Crippen molar-refractivity contribution in [1.82, 2.24) is 14.9 Å². The molecule has 1 aromatic heterocycles. The Bertz CT molecular complexity index is 1130. The van der Waals surface area contributed by atoms with Gasteiger partial charge in [0, 0.05) is 12.1 Å². The van der Waals surface area contributed by atoms with Crippen molar-refractivity contribution in [2.45, 2.75) is 12.8 Å². The molecule has 1 saturated heterocycles. The number of likely N-dealkylation sites (tertiary alicyclic amines) is 1. The number of benzene rings is 2. The van der Waals surface area contributed by atoms with E-state index in [4.69, 9.17) is 16.2 Å². The molecule has 1 aliphatic heterocycles. The number of nitrogens with two attached hydrogens (primary N) is 2. The third-order valence-corrected chi connectivity index (χ3v) is 5.47. The zero-order valence-corrected chi connectivity index (χ0v) is 17.1. The van der Waals surface area contributed by atoms with Crippen molar-refractivity contribution in [1.29, 1.82) is 0 Å². The molecule has 0 bridgehead atoms. The number of hydrogen-bond acceptors (Lipinski definition) is 7. The zero-order chi connectivity index (χ0) is 21.8. The van der Waals surface area contributed by atoms with E-state index in [-0.39, 0.29) is 11.5 Å². The Hall–Kier alpha value is -3.65. The highest BCUT2D eigenvalue weighted by Gasteiger charge is 2.15. The van der Waals surface area contributed by atoms with Crippen LogP contribution in [0.5, 0.6) is 5.75 Å². The number of carbonyl (C=O) groups excluding carboxylic acids is 1. The first kappa shape index (κ1) is 20.6. The summed E-state index contributed by atoms with van der Waals surface area (Å²) in [5.41, 5.74) is 14.0. The molecule has 8 heteroatoms. The molecule has 5 N–H and O–H groups in total. The molecule has 0 spiro atoms. The van der Waals surface area contributed by atoms with Crippen LogP contribution in [0.4, 0.5) is 11.5 Å². The van der Waals surface area contributed by atoms with Crippen molar-refractivity contribution in [3.63, 3.8) is 0 Å². The summed E-state index contributed by atoms with van der Waals surface area (Å²) in [5, 5.41) is 0. The third kappa shape index (κ3) is 4.59. The van der Waals surface area contributed by atoms with Crippen LogP contribution in [-0.4, -0.2) is 47.4 Å². The second-order valence-corrected chi connectivity index (χ2v) is 7.56. The lowest BCUT2D eigenvalue weighted by Crippen LogP contribution is -2.25. The van der Waals surface area contributed by atoms with Gasteiger partial charge >= 0.3 is 0 Å². The number of hydrogen-bond donors (Lipinski definition) is 3. The molecule has 8 nitrogen and oxygen atoms in total. The molecule has 1 fully saturated rings. The maximum atomic E-state index is 12.1. The smallest absolute Gasteiger partial charge is 0.276 e. The third-order valence-electron chi connectivity index (χ3n) is 5.47. The lowest BCUT2D eigenvalue weighted by atomic mass is 10.0. The summed E-state index contributed by atoms with van der Waals surface area (Å²) in [4.78, 5) is 32.3. The van der Waals surface area contributed by atoms with Gasteiger partial charge in [0.1, 0.15) is 30.2 Å². The zero-order valence-electron chi connectivity index (χ0n) is 17.1. The largest absolute Gasteiger partial charge is 0.491 e. The minimum atomic E-state index is -0.487. The first-order chi connectivity index (χ1) is 15.0. The number of anilines is 2. The highest BCUT2D eigenvalue weighted by molar-refractivity contribution is 5.78. The quantitative estimate of drug-likeness (QED) is 0.502. The summed E-state index contributed by atoms with van der Waals surface area (Å²) in [7, 11) is 0. The number of rotatable bonds is 7. The molecule has 3 aromatic rings. The van der Waals surface area contributed by atoms with E-state index in [1.54, 1.807) is 12.1 Å². The molecule has 0 amide bonds. The molecule has 0 atom stereocenters. The minimum absolute atomic E-state index is 0.0182. The molecule has 0 unspecified atom stereocenters. The molecule has 160 valence electrons. The SMILES string of the molecule is Nc1nc(-c2ccc(-c3ccc(C=O)cc3)cc2OCCN2CCCC2)[nH]c(=O)c1N. The summed E-state index contributed by atoms with van der Waals surface area (Å²) in [5.74, 6) is 0.870. The van der Waals surface area contributed by atoms with Crippen LogP contribution in [0.15, 0.2) is 47.3 Å². The molecule has 0 saturated carbocycles. The van der Waals surface area contributed by atoms with Crippen molar-refractivity contribution in [2.24, 2.45) is 0 Å². The predicted molar refractivity (Wildman–Crippen MR) is 121 cm³/mol. The molecule has 4 rings (SSSR count). The van der Waals surface area contributed by atoms with Crippen molar-refractivity contribution < 1.29 is 9.53 Å². The number of nitrogen functional groups attached to an aromatic ring is 2. The van der Waals surface area contributed by atoms with Gasteiger partial charge < -0.3 is 21.2 Å². The van der Waals surface area contributed by atoms with Crippen molar-refractivity contribution in [3.05, 3.63) is 58.4 Å². The normalized spacial score (nSPS) is 13.9. The number of aldehydes is 1. The van der Waals surface area contributed by atoms with Crippen LogP contribution in [0.2, 0.25) is 0 Å². The number of aromatic nitrogens is 2. The topological polar surface area (TPSA) is 127 Å². The van der Waals surface area contributed by atoms with Crippen LogP contribution in [0.25, 0.3) is 22.5 Å². The molecule has 2 aromatic carbocycles. The number of carbonyl (C=O) groups is 1. The highest BCUT2D eigenvalue weighted by atomic mass is 16.5. The summed E-state index contributed by atoms with van der Waals surface area (Å²) in [6.45, 7) is 3.51. The summed E-state index contributed by atoms with van der Waals surface area (Å²) < 4.78 is 6.14. The maximum absolute atomic E-state index is 12.1. The van der Waals surface area contributed by atoms with Gasteiger partial charge in [-0.1, -0.05) is 30.3 Å². The molecule has 2 heterocycles. The molecular formula is C23H25N5O3. The lowest BCUT2D eigenvalue weighted by Gasteiger charge is -2.17. The van der Waals surface area contributed by atoms with Gasteiger partial charge in [-0.15, -0.1) is 0 Å². The number of aromatic amines is 1. The first-order valence-corrected chi connectivity index (χ1v) is 10.3. The molecule has 0 radical (unpaired) electrons. The standard InChI is InChI=1S/C23H25N5O3/c24-20-21(25)26-22(27-23(20)30)18-8-7-17(16-5-3-15(14-29)4-6-16)13-19(18)31-12-11-28-9-1-2-10-28/h3-8,13-14H,1-2,9-12,24H2,(H3,25,26,27,30). The van der Waals surface area contributed by atoms with E-state index in [0.717, 1.165) is 37.0 Å². The highest BCUT2D eigenvalue weighted by Crippen LogP contribution is 2.33. The Morgan fingerprint density at radius 1 is 1.06 bits per heavy atom. The van der Waals surface area contributed by atoms with Gasteiger partial charge in [0.25, 0.3) is 5.56 Å². The van der Waals surface area contributed by atoms with Crippen LogP contribution >= 0.6 is 0 Å². The molecule has 0 aliphatic carbocycles. The number of nitrogens with one attached hydrogen (secondary N) is 1. The van der Waals surface area contributed by atoms with Crippen LogP contribution < -0.4 is 21.8 Å². The molecule has 31 heavy (non-hydrogen) atoms. The fourth-order valence-corrected chi connectivity index (χ4v) is 3.69. The lowest BCUT2D eigenvalue weighted by molar-refractivity contribution is 0.112. The van der Waals surface area contributed by atoms with Gasteiger partial charge in [0.05, 0.1) is 5.56 Å². The second kappa shape index (κ2) is 9.01. The van der Waals surface area contributed by atoms with Gasteiger partial charge in [0.15, 0.2) is 5.82 Å².